The number of nitrogens with one attached hydrogen (secondary N) is 2. The zero-order valence-electron chi connectivity index (χ0n) is 29.7. The Morgan fingerprint density at radius 2 is 1.09 bits per heavy atom. The molecular formula is C40H75N3O. The molecule has 1 unspecified atom stereocenters. The average Bonchev–Trinajstić information content (AvgIpc) is 3.57. The molecule has 1 atom stereocenters. The number of nitrogens with zero attached hydrogens (tertiary/aromatic N) is 1. The molecule has 1 aliphatic heterocycles. The minimum atomic E-state index is 0.0419. The molecule has 0 aromatic rings. The molecule has 2 N–H and O–H groups in total. The third kappa shape index (κ3) is 26.8. The molecule has 44 heavy (non-hydrogen) atoms. The molecule has 0 saturated heterocycles. The molecule has 0 fully saturated rings. The number of unbranched alkanes of at least 4 members (excludes halogenated alkanes) is 25. The maximum Gasteiger partial charge on any atom is 0.243 e. The van der Waals surface area contributed by atoms with E-state index in [4.69, 9.17) is 0 Å². The molecule has 1 heterocycles. The molecule has 1 rings (SSSR count). The Morgan fingerprint density at radius 3 is 1.52 bits per heavy atom. The molecule has 0 aromatic heterocycles. The van der Waals surface area contributed by atoms with Crippen LogP contribution in [0.3, 0.4) is 0 Å². The van der Waals surface area contributed by atoms with Crippen LogP contribution in [0.25, 0.3) is 0 Å². The zero-order chi connectivity index (χ0) is 31.6. The van der Waals surface area contributed by atoms with Crippen molar-refractivity contribution in [2.24, 2.45) is 10.9 Å². The van der Waals surface area contributed by atoms with Crippen LogP contribution in [0.1, 0.15) is 194 Å². The van der Waals surface area contributed by atoms with Gasteiger partial charge in [-0.2, -0.15) is 0 Å². The summed E-state index contributed by atoms with van der Waals surface area (Å²) in [5.74, 6) is 1.42. The van der Waals surface area contributed by atoms with Gasteiger partial charge in [0, 0.05) is 19.0 Å². The van der Waals surface area contributed by atoms with Crippen molar-refractivity contribution >= 4 is 11.7 Å². The monoisotopic (exact) mass is 614 g/mol. The van der Waals surface area contributed by atoms with Gasteiger partial charge >= 0.3 is 0 Å². The van der Waals surface area contributed by atoms with E-state index in [0.29, 0.717) is 6.54 Å². The normalized spacial score (nSPS) is 14.0. The fourth-order valence-electron chi connectivity index (χ4n) is 6.23. The third-order valence-electron chi connectivity index (χ3n) is 9.14. The van der Waals surface area contributed by atoms with Crippen LogP contribution in [-0.2, 0) is 4.79 Å². The second-order valence-corrected chi connectivity index (χ2v) is 13.4. The summed E-state index contributed by atoms with van der Waals surface area (Å²) in [7, 11) is 0. The zero-order valence-corrected chi connectivity index (χ0v) is 29.7. The van der Waals surface area contributed by atoms with E-state index in [0.717, 1.165) is 38.2 Å². The van der Waals surface area contributed by atoms with Crippen LogP contribution in [0.2, 0.25) is 0 Å². The molecule has 4 nitrogen and oxygen atoms in total. The van der Waals surface area contributed by atoms with Gasteiger partial charge in [-0.15, -0.1) is 0 Å². The predicted molar refractivity (Wildman–Crippen MR) is 196 cm³/mol. The second-order valence-electron chi connectivity index (χ2n) is 13.4. The van der Waals surface area contributed by atoms with Crippen LogP contribution in [0.4, 0.5) is 0 Å². The number of hydrogen-bond donors (Lipinski definition) is 2. The van der Waals surface area contributed by atoms with E-state index in [1.807, 2.05) is 0 Å². The number of aliphatic imine (C=N–C) groups is 1. The Morgan fingerprint density at radius 1 is 0.659 bits per heavy atom. The minimum absolute atomic E-state index is 0.0419. The number of carbonyl (C=O) groups excluding carboxylic acids is 1. The average molecular weight is 614 g/mol. The molecule has 0 spiro atoms. The lowest BCUT2D eigenvalue weighted by molar-refractivity contribution is -0.116. The number of amidine groups is 1. The van der Waals surface area contributed by atoms with Crippen LogP contribution < -0.4 is 10.6 Å². The van der Waals surface area contributed by atoms with Gasteiger partial charge in [-0.1, -0.05) is 180 Å². The summed E-state index contributed by atoms with van der Waals surface area (Å²) in [5.41, 5.74) is 0. The number of hydrogen-bond acceptors (Lipinski definition) is 3. The van der Waals surface area contributed by atoms with Gasteiger partial charge in [0.1, 0.15) is 5.84 Å². The van der Waals surface area contributed by atoms with Crippen molar-refractivity contribution in [3.05, 3.63) is 24.3 Å². The van der Waals surface area contributed by atoms with E-state index in [2.05, 4.69) is 47.7 Å². The topological polar surface area (TPSA) is 53.5 Å². The smallest absolute Gasteiger partial charge is 0.243 e. The summed E-state index contributed by atoms with van der Waals surface area (Å²) in [6.07, 6.45) is 46.1. The predicted octanol–water partition coefficient (Wildman–Crippen LogP) is 11.8. The van der Waals surface area contributed by atoms with Gasteiger partial charge < -0.3 is 10.6 Å². The molecule has 4 heteroatoms. The van der Waals surface area contributed by atoms with E-state index in [1.165, 1.54) is 161 Å². The van der Waals surface area contributed by atoms with Gasteiger partial charge in [-0.3, -0.25) is 9.79 Å². The fraction of sp³-hybridized carbons (Fsp3) is 0.850. The molecule has 0 radical (unpaired) electrons. The SMILES string of the molecule is CCCCCCCCCCCCCCC=CC(CCNC(=O)C=CCCCCCCCCCCCCCCC)C1=NCCN1. The third-order valence-corrected chi connectivity index (χ3v) is 9.14. The standard InChI is InChI=1S/C40H75N3O/c1-3-5-7-9-11-13-15-17-19-21-23-25-27-29-31-33-39(44)41-35-34-38(40-42-36-37-43-40)32-30-28-26-24-22-20-18-16-14-12-10-8-6-4-2/h30-33,38H,3-29,34-37H2,1-2H3,(H,41,44)(H,42,43). The lowest BCUT2D eigenvalue weighted by atomic mass is 10.0. The molecule has 0 aromatic carbocycles. The van der Waals surface area contributed by atoms with E-state index < -0.39 is 0 Å². The van der Waals surface area contributed by atoms with Crippen molar-refractivity contribution in [1.29, 1.82) is 0 Å². The van der Waals surface area contributed by atoms with Gasteiger partial charge in [0.2, 0.25) is 5.91 Å². The molecule has 0 aliphatic carbocycles. The summed E-state index contributed by atoms with van der Waals surface area (Å²) in [6.45, 7) is 7.07. The highest BCUT2D eigenvalue weighted by molar-refractivity contribution is 5.88. The number of amides is 1. The molecule has 256 valence electrons. The molecule has 0 bridgehead atoms. The summed E-state index contributed by atoms with van der Waals surface area (Å²) in [6, 6.07) is 0. The Bertz CT molecular complexity index is 713. The van der Waals surface area contributed by atoms with E-state index >= 15 is 0 Å². The maximum atomic E-state index is 12.3. The van der Waals surface area contributed by atoms with E-state index in [-0.39, 0.29) is 11.8 Å². The molecule has 1 amide bonds. The molecule has 0 saturated carbocycles. The lowest BCUT2D eigenvalue weighted by Crippen LogP contribution is -2.30. The van der Waals surface area contributed by atoms with Gasteiger partial charge in [0.25, 0.3) is 0 Å². The van der Waals surface area contributed by atoms with Crippen molar-refractivity contribution in [2.45, 2.75) is 194 Å². The highest BCUT2D eigenvalue weighted by atomic mass is 16.1. The van der Waals surface area contributed by atoms with E-state index in [9.17, 15) is 4.79 Å². The van der Waals surface area contributed by atoms with Crippen molar-refractivity contribution in [3.8, 4) is 0 Å². The summed E-state index contributed by atoms with van der Waals surface area (Å²) in [5, 5.41) is 6.55. The van der Waals surface area contributed by atoms with Gasteiger partial charge in [-0.05, 0) is 38.2 Å². The van der Waals surface area contributed by atoms with Crippen LogP contribution >= 0.6 is 0 Å². The fourth-order valence-corrected chi connectivity index (χ4v) is 6.23. The highest BCUT2D eigenvalue weighted by Crippen LogP contribution is 2.15. The van der Waals surface area contributed by atoms with Crippen molar-refractivity contribution in [1.82, 2.24) is 10.6 Å². The van der Waals surface area contributed by atoms with Gasteiger partial charge in [0.15, 0.2) is 0 Å². The first kappa shape index (κ1) is 40.4. The second kappa shape index (κ2) is 32.8. The molecular weight excluding hydrogens is 538 g/mol. The van der Waals surface area contributed by atoms with Crippen LogP contribution in [0, 0.1) is 5.92 Å². The van der Waals surface area contributed by atoms with Gasteiger partial charge in [-0.25, -0.2) is 0 Å². The Hall–Kier alpha value is -1.58. The Balaban J connectivity index is 2.02. The number of allylic oxidation sites excluding steroid dienone is 2. The first-order chi connectivity index (χ1) is 21.8. The molecule has 1 aliphatic rings. The largest absolute Gasteiger partial charge is 0.371 e. The number of rotatable bonds is 33. The lowest BCUT2D eigenvalue weighted by Gasteiger charge is -2.14. The maximum absolute atomic E-state index is 12.3. The van der Waals surface area contributed by atoms with Crippen LogP contribution in [0.5, 0.6) is 0 Å². The van der Waals surface area contributed by atoms with Crippen molar-refractivity contribution < 1.29 is 4.79 Å². The summed E-state index contributed by atoms with van der Waals surface area (Å²) < 4.78 is 0. The Labute approximate surface area is 275 Å². The van der Waals surface area contributed by atoms with Crippen molar-refractivity contribution in [3.63, 3.8) is 0 Å². The van der Waals surface area contributed by atoms with Crippen molar-refractivity contribution in [2.75, 3.05) is 19.6 Å². The number of carbonyl (C=O) groups is 1. The van der Waals surface area contributed by atoms with Crippen LogP contribution in [0.15, 0.2) is 29.3 Å². The summed E-state index contributed by atoms with van der Waals surface area (Å²) in [4.78, 5) is 17.0. The summed E-state index contributed by atoms with van der Waals surface area (Å²) >= 11 is 0. The first-order valence-corrected chi connectivity index (χ1v) is 19.7. The van der Waals surface area contributed by atoms with Crippen LogP contribution in [-0.4, -0.2) is 31.4 Å². The van der Waals surface area contributed by atoms with E-state index in [1.54, 1.807) is 6.08 Å². The van der Waals surface area contributed by atoms with Gasteiger partial charge in [0.05, 0.1) is 6.54 Å². The quantitative estimate of drug-likeness (QED) is 0.0439. The highest BCUT2D eigenvalue weighted by Gasteiger charge is 2.15. The first-order valence-electron chi connectivity index (χ1n) is 19.7. The minimum Gasteiger partial charge on any atom is -0.371 e. The Kier molecular flexibility index (Phi) is 30.2.